The number of amides is 1. The van der Waals surface area contributed by atoms with Crippen molar-refractivity contribution in [2.24, 2.45) is 0 Å². The first kappa shape index (κ1) is 11.3. The third-order valence-corrected chi connectivity index (χ3v) is 3.20. The number of hydrogen-bond acceptors (Lipinski definition) is 4. The van der Waals surface area contributed by atoms with Crippen LogP contribution in [0.1, 0.15) is 16.8 Å². The number of benzene rings is 1. The molecule has 0 radical (unpaired) electrons. The highest BCUT2D eigenvalue weighted by Crippen LogP contribution is 2.30. The van der Waals surface area contributed by atoms with Crippen LogP contribution in [0.25, 0.3) is 0 Å². The van der Waals surface area contributed by atoms with Gasteiger partial charge in [0.15, 0.2) is 11.5 Å². The van der Waals surface area contributed by atoms with Gasteiger partial charge in [-0.25, -0.2) is 0 Å². The first-order valence-corrected chi connectivity index (χ1v) is 6.24. The fraction of sp³-hybridized carbons (Fsp3) is 0.462. The van der Waals surface area contributed by atoms with Gasteiger partial charge >= 0.3 is 0 Å². The van der Waals surface area contributed by atoms with E-state index in [4.69, 9.17) is 9.47 Å². The molecule has 5 nitrogen and oxygen atoms in total. The first-order chi connectivity index (χ1) is 8.83. The minimum absolute atomic E-state index is 0.0549. The van der Waals surface area contributed by atoms with Crippen LogP contribution < -0.4 is 20.1 Å². The molecule has 1 atom stereocenters. The second kappa shape index (κ2) is 4.86. The Labute approximate surface area is 105 Å². The first-order valence-electron chi connectivity index (χ1n) is 6.24. The van der Waals surface area contributed by atoms with Crippen LogP contribution in [-0.2, 0) is 0 Å². The van der Waals surface area contributed by atoms with Gasteiger partial charge in [0.25, 0.3) is 5.91 Å². The van der Waals surface area contributed by atoms with Gasteiger partial charge in [-0.2, -0.15) is 0 Å². The Morgan fingerprint density at radius 1 is 1.28 bits per heavy atom. The Hall–Kier alpha value is -1.75. The number of nitrogens with one attached hydrogen (secondary N) is 2. The Morgan fingerprint density at radius 2 is 2.11 bits per heavy atom. The van der Waals surface area contributed by atoms with Crippen LogP contribution in [0.2, 0.25) is 0 Å². The van der Waals surface area contributed by atoms with Crippen molar-refractivity contribution in [3.8, 4) is 11.5 Å². The summed E-state index contributed by atoms with van der Waals surface area (Å²) in [6.07, 6.45) is 0.982. The van der Waals surface area contributed by atoms with Gasteiger partial charge in [0.05, 0.1) is 0 Å². The molecule has 0 aromatic heterocycles. The summed E-state index contributed by atoms with van der Waals surface area (Å²) in [4.78, 5) is 12.1. The summed E-state index contributed by atoms with van der Waals surface area (Å²) in [6.45, 7) is 2.90. The molecule has 1 aromatic carbocycles. The molecule has 96 valence electrons. The lowest BCUT2D eigenvalue weighted by Gasteiger charge is -2.19. The summed E-state index contributed by atoms with van der Waals surface area (Å²) in [5.74, 6) is 1.31. The zero-order chi connectivity index (χ0) is 12.4. The van der Waals surface area contributed by atoms with E-state index in [0.717, 1.165) is 19.5 Å². The van der Waals surface area contributed by atoms with Crippen molar-refractivity contribution in [3.63, 3.8) is 0 Å². The monoisotopic (exact) mass is 248 g/mol. The zero-order valence-corrected chi connectivity index (χ0v) is 10.1. The lowest BCUT2D eigenvalue weighted by Crippen LogP contribution is -2.36. The second-order valence-electron chi connectivity index (χ2n) is 4.52. The molecule has 5 heteroatoms. The van der Waals surface area contributed by atoms with E-state index in [9.17, 15) is 4.79 Å². The van der Waals surface area contributed by atoms with E-state index in [1.165, 1.54) is 0 Å². The average Bonchev–Trinajstić information content (AvgIpc) is 2.91. The lowest BCUT2D eigenvalue weighted by molar-refractivity contribution is 0.0939. The van der Waals surface area contributed by atoms with E-state index in [-0.39, 0.29) is 11.9 Å². The van der Waals surface area contributed by atoms with Gasteiger partial charge in [0.2, 0.25) is 0 Å². The molecule has 1 fully saturated rings. The summed E-state index contributed by atoms with van der Waals surface area (Å²) in [6, 6.07) is 5.53. The highest BCUT2D eigenvalue weighted by Gasteiger charge is 2.19. The lowest BCUT2D eigenvalue weighted by atomic mass is 10.1. The number of hydrogen-bond donors (Lipinski definition) is 2. The van der Waals surface area contributed by atoms with Gasteiger partial charge in [-0.05, 0) is 31.2 Å². The second-order valence-corrected chi connectivity index (χ2v) is 4.52. The predicted molar refractivity (Wildman–Crippen MR) is 66.2 cm³/mol. The Bertz CT molecular complexity index is 456. The van der Waals surface area contributed by atoms with Gasteiger partial charge in [0.1, 0.15) is 13.2 Å². The molecule has 2 N–H and O–H groups in total. The smallest absolute Gasteiger partial charge is 0.251 e. The van der Waals surface area contributed by atoms with E-state index >= 15 is 0 Å². The Balaban J connectivity index is 1.73. The van der Waals surface area contributed by atoms with Crippen LogP contribution in [-0.4, -0.2) is 38.3 Å². The summed E-state index contributed by atoms with van der Waals surface area (Å²) in [7, 11) is 0. The topological polar surface area (TPSA) is 59.6 Å². The number of carbonyl (C=O) groups excluding carboxylic acids is 1. The van der Waals surface area contributed by atoms with Crippen LogP contribution in [0.5, 0.6) is 11.5 Å². The number of carbonyl (C=O) groups is 1. The molecule has 0 aliphatic carbocycles. The largest absolute Gasteiger partial charge is 0.486 e. The standard InChI is InChI=1S/C13H16N2O3/c16-13(15-10-3-4-14-8-10)9-1-2-11-12(7-9)18-6-5-17-11/h1-2,7,10,14H,3-6,8H2,(H,15,16)/t10-/m1/s1. The summed E-state index contributed by atoms with van der Waals surface area (Å²) >= 11 is 0. The fourth-order valence-corrected chi connectivity index (χ4v) is 2.23. The summed E-state index contributed by atoms with van der Waals surface area (Å²) in [5.41, 5.74) is 0.617. The van der Waals surface area contributed by atoms with Gasteiger partial charge in [-0.1, -0.05) is 0 Å². The van der Waals surface area contributed by atoms with Crippen molar-refractivity contribution in [2.75, 3.05) is 26.3 Å². The molecule has 1 saturated heterocycles. The highest BCUT2D eigenvalue weighted by atomic mass is 16.6. The van der Waals surface area contributed by atoms with Gasteiger partial charge in [-0.15, -0.1) is 0 Å². The zero-order valence-electron chi connectivity index (χ0n) is 10.1. The Kier molecular flexibility index (Phi) is 3.06. The van der Waals surface area contributed by atoms with Crippen LogP contribution in [0.15, 0.2) is 18.2 Å². The quantitative estimate of drug-likeness (QED) is 0.802. The van der Waals surface area contributed by atoms with Crippen molar-refractivity contribution in [3.05, 3.63) is 23.8 Å². The maximum Gasteiger partial charge on any atom is 0.251 e. The van der Waals surface area contributed by atoms with Crippen LogP contribution in [0.3, 0.4) is 0 Å². The average molecular weight is 248 g/mol. The van der Waals surface area contributed by atoms with Crippen molar-refractivity contribution >= 4 is 5.91 Å². The minimum atomic E-state index is -0.0549. The van der Waals surface area contributed by atoms with Crippen LogP contribution >= 0.6 is 0 Å². The van der Waals surface area contributed by atoms with Crippen LogP contribution in [0, 0.1) is 0 Å². The SMILES string of the molecule is O=C(N[C@@H]1CCNC1)c1ccc2c(c1)OCCO2. The van der Waals surface area contributed by atoms with Crippen molar-refractivity contribution in [2.45, 2.75) is 12.5 Å². The predicted octanol–water partition coefficient (Wildman–Crippen LogP) is 0.549. The van der Waals surface area contributed by atoms with E-state index in [1.54, 1.807) is 18.2 Å². The molecule has 0 saturated carbocycles. The third kappa shape index (κ3) is 2.26. The van der Waals surface area contributed by atoms with E-state index in [2.05, 4.69) is 10.6 Å². The molecule has 0 unspecified atom stereocenters. The normalized spacial score (nSPS) is 21.7. The molecular weight excluding hydrogens is 232 g/mol. The summed E-state index contributed by atoms with van der Waals surface area (Å²) in [5, 5.41) is 6.22. The molecule has 2 aliphatic rings. The molecule has 18 heavy (non-hydrogen) atoms. The van der Waals surface area contributed by atoms with Crippen LogP contribution in [0.4, 0.5) is 0 Å². The molecule has 2 heterocycles. The van der Waals surface area contributed by atoms with E-state index in [1.807, 2.05) is 0 Å². The van der Waals surface area contributed by atoms with Gasteiger partial charge in [0, 0.05) is 18.2 Å². The van der Waals surface area contributed by atoms with Gasteiger partial charge < -0.3 is 20.1 Å². The number of ether oxygens (including phenoxy) is 2. The third-order valence-electron chi connectivity index (χ3n) is 3.20. The van der Waals surface area contributed by atoms with E-state index < -0.39 is 0 Å². The summed E-state index contributed by atoms with van der Waals surface area (Å²) < 4.78 is 10.9. The maximum absolute atomic E-state index is 12.1. The molecule has 2 aliphatic heterocycles. The van der Waals surface area contributed by atoms with Crippen molar-refractivity contribution in [1.29, 1.82) is 0 Å². The van der Waals surface area contributed by atoms with Gasteiger partial charge in [-0.3, -0.25) is 4.79 Å². The molecule has 1 amide bonds. The number of fused-ring (bicyclic) bond motifs is 1. The number of rotatable bonds is 2. The van der Waals surface area contributed by atoms with E-state index in [0.29, 0.717) is 30.3 Å². The fourth-order valence-electron chi connectivity index (χ4n) is 2.23. The van der Waals surface area contributed by atoms with Crippen molar-refractivity contribution in [1.82, 2.24) is 10.6 Å². The Morgan fingerprint density at radius 3 is 2.89 bits per heavy atom. The molecule has 1 aromatic rings. The molecular formula is C13H16N2O3. The van der Waals surface area contributed by atoms with Crippen molar-refractivity contribution < 1.29 is 14.3 Å². The highest BCUT2D eigenvalue weighted by molar-refractivity contribution is 5.95. The minimum Gasteiger partial charge on any atom is -0.486 e. The maximum atomic E-state index is 12.1. The molecule has 0 bridgehead atoms. The molecule has 0 spiro atoms. The molecule has 3 rings (SSSR count).